The topological polar surface area (TPSA) is 63.2 Å². The molecule has 1 aliphatic heterocycles. The van der Waals surface area contributed by atoms with Crippen molar-refractivity contribution in [3.8, 4) is 0 Å². The summed E-state index contributed by atoms with van der Waals surface area (Å²) in [6.45, 7) is 0. The number of hydrogen-bond donors (Lipinski definition) is 1. The molecule has 23 heavy (non-hydrogen) atoms. The Morgan fingerprint density at radius 2 is 1.83 bits per heavy atom. The van der Waals surface area contributed by atoms with E-state index < -0.39 is 9.84 Å². The smallest absolute Gasteiger partial charge is 0.263 e. The zero-order valence-electron chi connectivity index (χ0n) is 11.7. The lowest BCUT2D eigenvalue weighted by molar-refractivity contribution is 0.0938. The number of rotatable bonds is 2. The van der Waals surface area contributed by atoms with Crippen LogP contribution in [0.15, 0.2) is 12.1 Å². The Labute approximate surface area is 152 Å². The van der Waals surface area contributed by atoms with Gasteiger partial charge in [-0.25, -0.2) is 8.42 Å². The van der Waals surface area contributed by atoms with Crippen molar-refractivity contribution < 1.29 is 13.2 Å². The molecule has 0 unspecified atom stereocenters. The van der Waals surface area contributed by atoms with Crippen LogP contribution in [-0.4, -0.2) is 31.9 Å². The van der Waals surface area contributed by atoms with Crippen LogP contribution in [-0.2, 0) is 9.84 Å². The van der Waals surface area contributed by atoms with Crippen molar-refractivity contribution in [2.24, 2.45) is 0 Å². The number of fused-ring (bicyclic) bond motifs is 1. The number of amides is 1. The van der Waals surface area contributed by atoms with E-state index >= 15 is 0 Å². The van der Waals surface area contributed by atoms with Gasteiger partial charge in [0.05, 0.1) is 21.6 Å². The van der Waals surface area contributed by atoms with E-state index in [1.54, 1.807) is 12.1 Å². The quantitative estimate of drug-likeness (QED) is 0.805. The van der Waals surface area contributed by atoms with Crippen molar-refractivity contribution in [1.82, 2.24) is 5.32 Å². The SMILES string of the molecule is O=C(NC1CCS(=O)(=O)CC1)c1sc2cc(Cl)cc(Cl)c2c1Cl. The molecule has 3 rings (SSSR count). The summed E-state index contributed by atoms with van der Waals surface area (Å²) < 4.78 is 23.6. The van der Waals surface area contributed by atoms with Gasteiger partial charge in [0.2, 0.25) is 0 Å². The van der Waals surface area contributed by atoms with E-state index in [-0.39, 0.29) is 23.5 Å². The van der Waals surface area contributed by atoms with Crippen LogP contribution in [0.1, 0.15) is 22.5 Å². The molecule has 1 aromatic carbocycles. The summed E-state index contributed by atoms with van der Waals surface area (Å²) in [5.41, 5.74) is 0. The van der Waals surface area contributed by atoms with Crippen LogP contribution in [0.3, 0.4) is 0 Å². The molecule has 1 aromatic heterocycles. The minimum absolute atomic E-state index is 0.0968. The summed E-state index contributed by atoms with van der Waals surface area (Å²) in [5.74, 6) is -0.119. The highest BCUT2D eigenvalue weighted by Crippen LogP contribution is 2.41. The van der Waals surface area contributed by atoms with Crippen molar-refractivity contribution in [2.75, 3.05) is 11.5 Å². The molecule has 1 amide bonds. The lowest BCUT2D eigenvalue weighted by Crippen LogP contribution is -2.40. The van der Waals surface area contributed by atoms with Gasteiger partial charge in [-0.2, -0.15) is 0 Å². The average Bonchev–Trinajstić information content (AvgIpc) is 2.78. The maximum absolute atomic E-state index is 12.5. The first-order chi connectivity index (χ1) is 10.8. The van der Waals surface area contributed by atoms with Crippen LogP contribution in [0, 0.1) is 0 Å². The molecule has 2 heterocycles. The molecule has 1 aliphatic rings. The van der Waals surface area contributed by atoms with E-state index in [1.807, 2.05) is 0 Å². The standard InChI is InChI=1S/C14H12Cl3NO3S2/c15-7-5-9(16)11-10(6-7)22-13(12(11)17)14(19)18-8-1-3-23(20,21)4-2-8/h5-6,8H,1-4H2,(H,18,19). The van der Waals surface area contributed by atoms with Gasteiger partial charge in [0.25, 0.3) is 5.91 Å². The van der Waals surface area contributed by atoms with Gasteiger partial charge in [-0.1, -0.05) is 34.8 Å². The summed E-state index contributed by atoms with van der Waals surface area (Å²) in [7, 11) is -2.96. The maximum Gasteiger partial charge on any atom is 0.263 e. The number of carbonyl (C=O) groups is 1. The second-order valence-corrected chi connectivity index (χ2v) is 9.98. The van der Waals surface area contributed by atoms with Crippen LogP contribution < -0.4 is 5.32 Å². The predicted octanol–water partition coefficient (Wildman–Crippen LogP) is 4.17. The number of nitrogens with one attached hydrogen (secondary N) is 1. The average molecular weight is 413 g/mol. The van der Waals surface area contributed by atoms with E-state index in [1.165, 1.54) is 11.3 Å². The van der Waals surface area contributed by atoms with Crippen LogP contribution in [0.4, 0.5) is 0 Å². The van der Waals surface area contributed by atoms with Gasteiger partial charge >= 0.3 is 0 Å². The largest absolute Gasteiger partial charge is 0.348 e. The van der Waals surface area contributed by atoms with Gasteiger partial charge in [0.15, 0.2) is 0 Å². The fourth-order valence-corrected chi connectivity index (χ4v) is 6.32. The van der Waals surface area contributed by atoms with E-state index in [9.17, 15) is 13.2 Å². The molecular weight excluding hydrogens is 401 g/mol. The molecule has 4 nitrogen and oxygen atoms in total. The minimum atomic E-state index is -2.96. The molecule has 0 saturated carbocycles. The monoisotopic (exact) mass is 411 g/mol. The summed E-state index contributed by atoms with van der Waals surface area (Å²) in [5, 5.41) is 4.64. The third-order valence-corrected chi connectivity index (χ3v) is 7.60. The van der Waals surface area contributed by atoms with Crippen molar-refractivity contribution >= 4 is 72.0 Å². The third-order valence-electron chi connectivity index (χ3n) is 3.75. The molecular formula is C14H12Cl3NO3S2. The Kier molecular flexibility index (Phi) is 4.82. The normalized spacial score (nSPS) is 18.2. The highest BCUT2D eigenvalue weighted by atomic mass is 35.5. The number of halogens is 3. The van der Waals surface area contributed by atoms with E-state index in [4.69, 9.17) is 34.8 Å². The lowest BCUT2D eigenvalue weighted by Gasteiger charge is -2.22. The summed E-state index contributed by atoms with van der Waals surface area (Å²) in [6, 6.07) is 3.13. The fourth-order valence-electron chi connectivity index (χ4n) is 2.54. The molecule has 1 saturated heterocycles. The Bertz CT molecular complexity index is 878. The number of benzene rings is 1. The Balaban J connectivity index is 1.84. The van der Waals surface area contributed by atoms with Gasteiger partial charge < -0.3 is 5.32 Å². The highest BCUT2D eigenvalue weighted by Gasteiger charge is 2.27. The van der Waals surface area contributed by atoms with Gasteiger partial charge in [-0.3, -0.25) is 4.79 Å². The van der Waals surface area contributed by atoms with Gasteiger partial charge in [-0.05, 0) is 25.0 Å². The van der Waals surface area contributed by atoms with Gasteiger partial charge in [0.1, 0.15) is 14.7 Å². The Hall–Kier alpha value is -0.530. The molecule has 1 fully saturated rings. The fraction of sp³-hybridized carbons (Fsp3) is 0.357. The van der Waals surface area contributed by atoms with Gasteiger partial charge in [0, 0.05) is 21.2 Å². The van der Waals surface area contributed by atoms with E-state index in [0.29, 0.717) is 38.2 Å². The maximum atomic E-state index is 12.5. The molecule has 0 spiro atoms. The van der Waals surface area contributed by atoms with Crippen LogP contribution in [0.2, 0.25) is 15.1 Å². The predicted molar refractivity (Wildman–Crippen MR) is 96.0 cm³/mol. The van der Waals surface area contributed by atoms with Crippen LogP contribution >= 0.6 is 46.1 Å². The van der Waals surface area contributed by atoms with Crippen molar-refractivity contribution in [3.05, 3.63) is 32.1 Å². The lowest BCUT2D eigenvalue weighted by atomic mass is 10.1. The van der Waals surface area contributed by atoms with Crippen molar-refractivity contribution in [1.29, 1.82) is 0 Å². The molecule has 2 aromatic rings. The zero-order chi connectivity index (χ0) is 16.8. The highest BCUT2D eigenvalue weighted by molar-refractivity contribution is 7.91. The summed E-state index contributed by atoms with van der Waals surface area (Å²) >= 11 is 19.6. The van der Waals surface area contributed by atoms with Crippen molar-refractivity contribution in [2.45, 2.75) is 18.9 Å². The number of hydrogen-bond acceptors (Lipinski definition) is 4. The van der Waals surface area contributed by atoms with Crippen LogP contribution in [0.25, 0.3) is 10.1 Å². The Morgan fingerprint density at radius 3 is 2.48 bits per heavy atom. The number of thiophene rings is 1. The summed E-state index contributed by atoms with van der Waals surface area (Å²) in [6.07, 6.45) is 0.840. The zero-order valence-corrected chi connectivity index (χ0v) is 15.6. The molecule has 0 atom stereocenters. The van der Waals surface area contributed by atoms with Crippen molar-refractivity contribution in [3.63, 3.8) is 0 Å². The van der Waals surface area contributed by atoms with E-state index in [0.717, 1.165) is 4.70 Å². The first kappa shape index (κ1) is 17.3. The molecule has 9 heteroatoms. The molecule has 0 aliphatic carbocycles. The first-order valence-corrected chi connectivity index (χ1v) is 10.6. The van der Waals surface area contributed by atoms with Gasteiger partial charge in [-0.15, -0.1) is 11.3 Å². The third kappa shape index (κ3) is 3.61. The molecule has 0 radical (unpaired) electrons. The summed E-state index contributed by atoms with van der Waals surface area (Å²) in [4.78, 5) is 12.8. The van der Waals surface area contributed by atoms with E-state index in [2.05, 4.69) is 5.32 Å². The Morgan fingerprint density at radius 1 is 1.17 bits per heavy atom. The van der Waals surface area contributed by atoms with Crippen LogP contribution in [0.5, 0.6) is 0 Å². The minimum Gasteiger partial charge on any atom is -0.348 e. The second kappa shape index (κ2) is 6.41. The number of carbonyl (C=O) groups excluding carboxylic acids is 1. The molecule has 0 bridgehead atoms. The molecule has 1 N–H and O–H groups in total. The first-order valence-electron chi connectivity index (χ1n) is 6.85. The molecule has 124 valence electrons. The second-order valence-electron chi connectivity index (χ2n) is 5.41. The number of sulfone groups is 1.